The van der Waals surface area contributed by atoms with E-state index in [1.165, 1.54) is 17.4 Å². The molecule has 1 aliphatic heterocycles. The highest BCUT2D eigenvalue weighted by atomic mass is 32.1. The molecule has 6 nitrogen and oxygen atoms in total. The molecule has 182 valence electrons. The molecule has 3 rings (SSSR count). The number of nitrogens with zero attached hydrogens (tertiary/aromatic N) is 1. The van der Waals surface area contributed by atoms with E-state index in [2.05, 4.69) is 10.3 Å². The van der Waals surface area contributed by atoms with Crippen LogP contribution in [0.3, 0.4) is 0 Å². The predicted molar refractivity (Wildman–Crippen MR) is 124 cm³/mol. The topological polar surface area (TPSA) is 69.7 Å². The van der Waals surface area contributed by atoms with Crippen LogP contribution in [0.25, 0.3) is 11.3 Å². The van der Waals surface area contributed by atoms with E-state index in [0.29, 0.717) is 23.6 Å². The lowest BCUT2D eigenvalue weighted by Gasteiger charge is -2.21. The van der Waals surface area contributed by atoms with Crippen molar-refractivity contribution in [2.24, 2.45) is 5.92 Å². The number of aromatic nitrogens is 1. The Bertz CT molecular complexity index is 924. The van der Waals surface area contributed by atoms with Crippen LogP contribution in [-0.4, -0.2) is 43.0 Å². The van der Waals surface area contributed by atoms with Gasteiger partial charge in [0.25, 0.3) is 0 Å². The van der Waals surface area contributed by atoms with Crippen molar-refractivity contribution in [3.8, 4) is 17.0 Å². The predicted octanol–water partition coefficient (Wildman–Crippen LogP) is 5.74. The molecule has 1 aromatic heterocycles. The highest BCUT2D eigenvalue weighted by molar-refractivity contribution is 7.09. The Morgan fingerprint density at radius 1 is 1.27 bits per heavy atom. The summed E-state index contributed by atoms with van der Waals surface area (Å²) in [5.74, 6) is -1.53. The second-order valence-electron chi connectivity index (χ2n) is 9.09. The zero-order chi connectivity index (χ0) is 23.8. The summed E-state index contributed by atoms with van der Waals surface area (Å²) in [6.07, 6.45) is 3.91. The number of carbonyl (C=O) groups excluding carboxylic acids is 1. The molecule has 1 aromatic carbocycles. The van der Waals surface area contributed by atoms with Crippen molar-refractivity contribution in [2.45, 2.75) is 58.5 Å². The molecular weight excluding hydrogens is 450 g/mol. The summed E-state index contributed by atoms with van der Waals surface area (Å²) in [5.41, 5.74) is 0.405. The second-order valence-corrected chi connectivity index (χ2v) is 10.0. The van der Waals surface area contributed by atoms with Crippen LogP contribution in [0.4, 0.5) is 13.6 Å². The van der Waals surface area contributed by atoms with Crippen molar-refractivity contribution in [3.05, 3.63) is 34.2 Å². The van der Waals surface area contributed by atoms with Crippen molar-refractivity contribution in [1.82, 2.24) is 10.3 Å². The van der Waals surface area contributed by atoms with E-state index in [9.17, 15) is 13.6 Å². The molecule has 0 aliphatic carbocycles. The highest BCUT2D eigenvalue weighted by Gasteiger charge is 2.20. The van der Waals surface area contributed by atoms with Crippen LogP contribution in [0.1, 0.15) is 51.5 Å². The van der Waals surface area contributed by atoms with E-state index in [4.69, 9.17) is 14.2 Å². The van der Waals surface area contributed by atoms with Gasteiger partial charge in [-0.15, -0.1) is 11.3 Å². The zero-order valence-corrected chi connectivity index (χ0v) is 20.2. The van der Waals surface area contributed by atoms with Crippen molar-refractivity contribution < 1.29 is 27.8 Å². The number of ether oxygens (including phenoxy) is 3. The van der Waals surface area contributed by atoms with Crippen molar-refractivity contribution in [1.29, 1.82) is 0 Å². The molecule has 0 radical (unpaired) electrons. The maximum Gasteiger partial charge on any atom is 0.407 e. The van der Waals surface area contributed by atoms with E-state index < -0.39 is 23.3 Å². The fourth-order valence-electron chi connectivity index (χ4n) is 3.54. The molecule has 0 unspecified atom stereocenters. The van der Waals surface area contributed by atoms with Crippen LogP contribution in [0.15, 0.2) is 17.5 Å². The molecule has 33 heavy (non-hydrogen) atoms. The highest BCUT2D eigenvalue weighted by Crippen LogP contribution is 2.35. The third-order valence-corrected chi connectivity index (χ3v) is 6.13. The van der Waals surface area contributed by atoms with Crippen LogP contribution < -0.4 is 10.1 Å². The lowest BCUT2D eigenvalue weighted by Crippen LogP contribution is -2.33. The first-order valence-corrected chi connectivity index (χ1v) is 12.2. The summed E-state index contributed by atoms with van der Waals surface area (Å²) >= 11 is 1.52. The lowest BCUT2D eigenvalue weighted by molar-refractivity contribution is 0.0525. The van der Waals surface area contributed by atoms with Crippen LogP contribution in [0.5, 0.6) is 5.75 Å². The second kappa shape index (κ2) is 11.7. The Hall–Kier alpha value is -2.26. The molecule has 0 atom stereocenters. The third-order valence-electron chi connectivity index (χ3n) is 5.22. The van der Waals surface area contributed by atoms with Gasteiger partial charge in [-0.3, -0.25) is 0 Å². The minimum absolute atomic E-state index is 0.101. The normalized spacial score (nSPS) is 14.8. The fraction of sp³-hybridized carbons (Fsp3) is 0.583. The number of thiazole rings is 1. The summed E-state index contributed by atoms with van der Waals surface area (Å²) in [4.78, 5) is 16.3. The van der Waals surface area contributed by atoms with Gasteiger partial charge in [0.05, 0.1) is 17.3 Å². The van der Waals surface area contributed by atoms with Gasteiger partial charge in [-0.05, 0) is 70.9 Å². The van der Waals surface area contributed by atoms with Crippen molar-refractivity contribution in [3.63, 3.8) is 0 Å². The third kappa shape index (κ3) is 7.92. The van der Waals surface area contributed by atoms with Gasteiger partial charge in [-0.2, -0.15) is 4.39 Å². The molecule has 1 aliphatic rings. The van der Waals surface area contributed by atoms with Gasteiger partial charge in [-0.25, -0.2) is 14.2 Å². The Morgan fingerprint density at radius 3 is 2.76 bits per heavy atom. The van der Waals surface area contributed by atoms with Crippen molar-refractivity contribution >= 4 is 17.4 Å². The summed E-state index contributed by atoms with van der Waals surface area (Å²) in [6, 6.07) is 2.58. The van der Waals surface area contributed by atoms with E-state index in [1.54, 1.807) is 20.8 Å². The molecular formula is C24H32F2N2O4S. The number of benzene rings is 1. The number of halogens is 2. The molecule has 0 bridgehead atoms. The molecule has 2 heterocycles. The number of rotatable bonds is 9. The first-order valence-electron chi connectivity index (χ1n) is 11.3. The number of carbonyl (C=O) groups is 1. The van der Waals surface area contributed by atoms with Gasteiger partial charge >= 0.3 is 6.09 Å². The van der Waals surface area contributed by atoms with Gasteiger partial charge in [0.2, 0.25) is 5.82 Å². The van der Waals surface area contributed by atoms with E-state index in [0.717, 1.165) is 50.0 Å². The molecule has 1 N–H and O–H groups in total. The number of hydrogen-bond acceptors (Lipinski definition) is 6. The molecule has 9 heteroatoms. The Labute approximate surface area is 197 Å². The minimum atomic E-state index is -1.04. The summed E-state index contributed by atoms with van der Waals surface area (Å²) < 4.78 is 44.6. The SMILES string of the molecule is CC(C)(C)OC(=O)NCCCOc1c(-c2csc(CCC3CCOCC3)n2)ccc(F)c1F. The molecule has 1 fully saturated rings. The largest absolute Gasteiger partial charge is 0.490 e. The summed E-state index contributed by atoms with van der Waals surface area (Å²) in [6.45, 7) is 7.35. The summed E-state index contributed by atoms with van der Waals surface area (Å²) in [5, 5.41) is 5.43. The lowest BCUT2D eigenvalue weighted by atomic mass is 9.95. The standard InChI is InChI=1S/C24H32F2N2O4S/c1-24(2,3)32-23(29)27-11-4-12-31-22-17(6-7-18(25)21(22)26)19-15-33-20(28-19)8-5-16-9-13-30-14-10-16/h6-7,15-16H,4-5,8-14H2,1-3H3,(H,27,29). The first-order chi connectivity index (χ1) is 15.7. The number of hydrogen-bond donors (Lipinski definition) is 1. The molecule has 1 amide bonds. The average Bonchev–Trinajstić information content (AvgIpc) is 3.23. The zero-order valence-electron chi connectivity index (χ0n) is 19.4. The Balaban J connectivity index is 1.57. The van der Waals surface area contributed by atoms with Gasteiger partial charge in [0, 0.05) is 30.7 Å². The first kappa shape index (κ1) is 25.4. The van der Waals surface area contributed by atoms with Gasteiger partial charge in [-0.1, -0.05) is 0 Å². The van der Waals surface area contributed by atoms with Crippen LogP contribution in [0.2, 0.25) is 0 Å². The molecule has 0 saturated carbocycles. The number of alkyl carbamates (subject to hydrolysis) is 1. The van der Waals surface area contributed by atoms with Crippen LogP contribution >= 0.6 is 11.3 Å². The molecule has 0 spiro atoms. The smallest absolute Gasteiger partial charge is 0.407 e. The minimum Gasteiger partial charge on any atom is -0.490 e. The Morgan fingerprint density at radius 2 is 2.03 bits per heavy atom. The quantitative estimate of drug-likeness (QED) is 0.462. The number of nitrogens with one attached hydrogen (secondary N) is 1. The van der Waals surface area contributed by atoms with Crippen molar-refractivity contribution in [2.75, 3.05) is 26.4 Å². The Kier molecular flexibility index (Phi) is 9.02. The summed E-state index contributed by atoms with van der Waals surface area (Å²) in [7, 11) is 0. The van der Waals surface area contributed by atoms with Gasteiger partial charge in [0.15, 0.2) is 11.6 Å². The van der Waals surface area contributed by atoms with Gasteiger partial charge in [0.1, 0.15) is 5.60 Å². The van der Waals surface area contributed by atoms with E-state index >= 15 is 0 Å². The number of amides is 1. The van der Waals surface area contributed by atoms with E-state index in [1.807, 2.05) is 5.38 Å². The van der Waals surface area contributed by atoms with Gasteiger partial charge < -0.3 is 19.5 Å². The van der Waals surface area contributed by atoms with Crippen LogP contribution in [-0.2, 0) is 15.9 Å². The maximum atomic E-state index is 14.5. The maximum absolute atomic E-state index is 14.5. The molecule has 1 saturated heterocycles. The van der Waals surface area contributed by atoms with Crippen LogP contribution in [0, 0.1) is 17.6 Å². The number of aryl methyl sites for hydroxylation is 1. The monoisotopic (exact) mass is 482 g/mol. The molecule has 2 aromatic rings. The fourth-order valence-corrected chi connectivity index (χ4v) is 4.35. The van der Waals surface area contributed by atoms with E-state index in [-0.39, 0.29) is 18.9 Å². The average molecular weight is 483 g/mol.